The second-order valence-electron chi connectivity index (χ2n) is 6.08. The third kappa shape index (κ3) is 5.08. The van der Waals surface area contributed by atoms with Crippen molar-refractivity contribution in [2.24, 2.45) is 0 Å². The molecular formula is C20H25FN2O4S. The second-order valence-corrected chi connectivity index (χ2v) is 8.02. The van der Waals surface area contributed by atoms with E-state index >= 15 is 0 Å². The van der Waals surface area contributed by atoms with Gasteiger partial charge < -0.3 is 10.1 Å². The Labute approximate surface area is 165 Å². The number of hydrogen-bond acceptors (Lipinski definition) is 4. The van der Waals surface area contributed by atoms with E-state index in [1.54, 1.807) is 21.0 Å². The van der Waals surface area contributed by atoms with Crippen LogP contribution in [-0.4, -0.2) is 45.4 Å². The van der Waals surface area contributed by atoms with Gasteiger partial charge in [-0.3, -0.25) is 4.79 Å². The summed E-state index contributed by atoms with van der Waals surface area (Å²) in [5.74, 6) is -0.677. The summed E-state index contributed by atoms with van der Waals surface area (Å²) in [5, 5.41) is 2.63. The van der Waals surface area contributed by atoms with Gasteiger partial charge in [0, 0.05) is 19.6 Å². The molecule has 2 aromatic carbocycles. The summed E-state index contributed by atoms with van der Waals surface area (Å²) in [4.78, 5) is 12.3. The maximum absolute atomic E-state index is 14.1. The predicted molar refractivity (Wildman–Crippen MR) is 106 cm³/mol. The molecule has 1 N–H and O–H groups in total. The Morgan fingerprint density at radius 3 is 2.32 bits per heavy atom. The van der Waals surface area contributed by atoms with Crippen molar-refractivity contribution in [3.05, 3.63) is 59.4 Å². The molecule has 0 spiro atoms. The van der Waals surface area contributed by atoms with Crippen LogP contribution in [0.25, 0.3) is 0 Å². The number of sulfonamides is 1. The van der Waals surface area contributed by atoms with Gasteiger partial charge in [0.25, 0.3) is 5.91 Å². The summed E-state index contributed by atoms with van der Waals surface area (Å²) in [6, 6.07) is 10.7. The Kier molecular flexibility index (Phi) is 7.53. The van der Waals surface area contributed by atoms with Crippen LogP contribution in [0.15, 0.2) is 47.4 Å². The lowest BCUT2D eigenvalue weighted by Gasteiger charge is -2.19. The highest BCUT2D eigenvalue weighted by Gasteiger charge is 2.24. The Morgan fingerprint density at radius 2 is 1.75 bits per heavy atom. The number of methoxy groups -OCH3 is 1. The number of nitrogens with zero attached hydrogens (tertiary/aromatic N) is 1. The zero-order valence-electron chi connectivity index (χ0n) is 16.2. The molecule has 0 unspecified atom stereocenters. The van der Waals surface area contributed by atoms with Crippen molar-refractivity contribution in [1.29, 1.82) is 0 Å². The molecule has 0 bridgehead atoms. The number of rotatable bonds is 9. The smallest absolute Gasteiger partial charge is 0.254 e. The topological polar surface area (TPSA) is 75.7 Å². The van der Waals surface area contributed by atoms with Crippen molar-refractivity contribution >= 4 is 15.9 Å². The van der Waals surface area contributed by atoms with Crippen molar-refractivity contribution in [2.45, 2.75) is 25.2 Å². The molecule has 0 aromatic heterocycles. The summed E-state index contributed by atoms with van der Waals surface area (Å²) in [5.41, 5.74) is 0.697. The average molecular weight is 408 g/mol. The van der Waals surface area contributed by atoms with Gasteiger partial charge in [0.2, 0.25) is 10.0 Å². The van der Waals surface area contributed by atoms with Crippen molar-refractivity contribution < 1.29 is 22.3 Å². The van der Waals surface area contributed by atoms with Crippen LogP contribution >= 0.6 is 0 Å². The van der Waals surface area contributed by atoms with Gasteiger partial charge in [0.1, 0.15) is 11.6 Å². The molecule has 0 saturated carbocycles. The lowest BCUT2D eigenvalue weighted by Crippen LogP contribution is -2.31. The Bertz CT molecular complexity index is 910. The average Bonchev–Trinajstić information content (AvgIpc) is 2.69. The third-order valence-corrected chi connectivity index (χ3v) is 6.43. The van der Waals surface area contributed by atoms with E-state index in [0.29, 0.717) is 19.5 Å². The molecule has 8 heteroatoms. The van der Waals surface area contributed by atoms with Crippen LogP contribution in [-0.2, 0) is 16.4 Å². The number of nitrogens with one attached hydrogen (secondary N) is 1. The van der Waals surface area contributed by atoms with E-state index < -0.39 is 21.7 Å². The molecular weight excluding hydrogens is 383 g/mol. The summed E-state index contributed by atoms with van der Waals surface area (Å²) >= 11 is 0. The summed E-state index contributed by atoms with van der Waals surface area (Å²) < 4.78 is 45.7. The number of halogens is 1. The highest BCUT2D eigenvalue weighted by molar-refractivity contribution is 7.89. The van der Waals surface area contributed by atoms with Crippen molar-refractivity contribution in [3.63, 3.8) is 0 Å². The molecule has 2 rings (SSSR count). The van der Waals surface area contributed by atoms with E-state index in [2.05, 4.69) is 5.32 Å². The Morgan fingerprint density at radius 1 is 1.11 bits per heavy atom. The van der Waals surface area contributed by atoms with Gasteiger partial charge >= 0.3 is 0 Å². The number of carbonyl (C=O) groups excluding carboxylic acids is 1. The summed E-state index contributed by atoms with van der Waals surface area (Å²) in [6.45, 7) is 4.31. The van der Waals surface area contributed by atoms with Crippen LogP contribution in [0.3, 0.4) is 0 Å². The molecule has 0 radical (unpaired) electrons. The first-order chi connectivity index (χ1) is 13.3. The predicted octanol–water partition coefficient (Wildman–Crippen LogP) is 2.84. The summed E-state index contributed by atoms with van der Waals surface area (Å²) in [6.07, 6.45) is 0.550. The minimum Gasteiger partial charge on any atom is -0.497 e. The van der Waals surface area contributed by atoms with Crippen LogP contribution < -0.4 is 10.1 Å². The minimum absolute atomic E-state index is 0.0992. The highest BCUT2D eigenvalue weighted by atomic mass is 32.2. The normalized spacial score (nSPS) is 11.5. The first-order valence-electron chi connectivity index (χ1n) is 9.04. The van der Waals surface area contributed by atoms with E-state index in [4.69, 9.17) is 4.74 Å². The minimum atomic E-state index is -3.77. The van der Waals surface area contributed by atoms with E-state index in [1.807, 2.05) is 24.3 Å². The van der Waals surface area contributed by atoms with Crippen LogP contribution in [0.4, 0.5) is 4.39 Å². The van der Waals surface area contributed by atoms with Gasteiger partial charge in [0.05, 0.1) is 17.6 Å². The molecule has 152 valence electrons. The molecule has 0 fully saturated rings. The first-order valence-corrected chi connectivity index (χ1v) is 10.5. The Balaban J connectivity index is 2.10. The van der Waals surface area contributed by atoms with E-state index in [0.717, 1.165) is 23.4 Å². The summed E-state index contributed by atoms with van der Waals surface area (Å²) in [7, 11) is -2.19. The Hall–Kier alpha value is -2.45. The lowest BCUT2D eigenvalue weighted by molar-refractivity contribution is 0.0950. The molecule has 0 saturated heterocycles. The fourth-order valence-electron chi connectivity index (χ4n) is 2.76. The van der Waals surface area contributed by atoms with Crippen molar-refractivity contribution in [2.75, 3.05) is 26.7 Å². The number of hydrogen-bond donors (Lipinski definition) is 1. The third-order valence-electron chi connectivity index (χ3n) is 4.38. The fraction of sp³-hybridized carbons (Fsp3) is 0.350. The highest BCUT2D eigenvalue weighted by Crippen LogP contribution is 2.19. The van der Waals surface area contributed by atoms with Gasteiger partial charge in [-0.1, -0.05) is 26.0 Å². The second kappa shape index (κ2) is 9.66. The van der Waals surface area contributed by atoms with E-state index in [1.165, 1.54) is 10.4 Å². The number of carbonyl (C=O) groups is 1. The maximum atomic E-state index is 14.1. The largest absolute Gasteiger partial charge is 0.497 e. The van der Waals surface area contributed by atoms with Gasteiger partial charge in [-0.2, -0.15) is 4.31 Å². The molecule has 0 aliphatic carbocycles. The molecule has 0 aliphatic rings. The van der Waals surface area contributed by atoms with Crippen molar-refractivity contribution in [1.82, 2.24) is 9.62 Å². The van der Waals surface area contributed by atoms with E-state index in [-0.39, 0.29) is 17.0 Å². The zero-order valence-corrected chi connectivity index (χ0v) is 17.1. The quantitative estimate of drug-likeness (QED) is 0.692. The molecule has 0 heterocycles. The maximum Gasteiger partial charge on any atom is 0.254 e. The van der Waals surface area contributed by atoms with Gasteiger partial charge in [-0.25, -0.2) is 12.8 Å². The zero-order chi connectivity index (χ0) is 20.7. The fourth-order valence-corrected chi connectivity index (χ4v) is 4.24. The standard InChI is InChI=1S/C20H25FN2O4S/c1-4-23(5-2)28(25,26)17-10-11-19(21)18(14-17)20(24)22-13-12-15-6-8-16(27-3)9-7-15/h6-11,14H,4-5,12-13H2,1-3H3,(H,22,24). The van der Waals surface area contributed by atoms with Crippen LogP contribution in [0.5, 0.6) is 5.75 Å². The monoisotopic (exact) mass is 408 g/mol. The lowest BCUT2D eigenvalue weighted by atomic mass is 10.1. The van der Waals surface area contributed by atoms with E-state index in [9.17, 15) is 17.6 Å². The van der Waals surface area contributed by atoms with Crippen LogP contribution in [0.1, 0.15) is 29.8 Å². The number of amides is 1. The first kappa shape index (κ1) is 21.8. The van der Waals surface area contributed by atoms with Gasteiger partial charge in [-0.15, -0.1) is 0 Å². The number of ether oxygens (including phenoxy) is 1. The van der Waals surface area contributed by atoms with Gasteiger partial charge in [-0.05, 0) is 42.3 Å². The van der Waals surface area contributed by atoms with Crippen LogP contribution in [0.2, 0.25) is 0 Å². The number of benzene rings is 2. The molecule has 0 aliphatic heterocycles. The SMILES string of the molecule is CCN(CC)S(=O)(=O)c1ccc(F)c(C(=O)NCCc2ccc(OC)cc2)c1. The molecule has 2 aromatic rings. The molecule has 6 nitrogen and oxygen atoms in total. The van der Waals surface area contributed by atoms with Gasteiger partial charge in [0.15, 0.2) is 0 Å². The van der Waals surface area contributed by atoms with Crippen LogP contribution in [0, 0.1) is 5.82 Å². The molecule has 1 amide bonds. The van der Waals surface area contributed by atoms with Crippen molar-refractivity contribution in [3.8, 4) is 5.75 Å². The molecule has 28 heavy (non-hydrogen) atoms. The molecule has 0 atom stereocenters.